The van der Waals surface area contributed by atoms with Gasteiger partial charge in [0.1, 0.15) is 13.8 Å². The first-order valence-electron chi connectivity index (χ1n) is 13.2. The highest BCUT2D eigenvalue weighted by Gasteiger charge is 2.64. The van der Waals surface area contributed by atoms with Crippen molar-refractivity contribution in [2.24, 2.45) is 0 Å². The largest absolute Gasteiger partial charge is 0.497 e. The summed E-state index contributed by atoms with van der Waals surface area (Å²) in [6.07, 6.45) is 4.37. The number of ether oxygens (including phenoxy) is 3. The summed E-state index contributed by atoms with van der Waals surface area (Å²) < 4.78 is 19.3. The summed E-state index contributed by atoms with van der Waals surface area (Å²) in [5.41, 5.74) is 4.01. The molecule has 2 aliphatic carbocycles. The van der Waals surface area contributed by atoms with Gasteiger partial charge in [-0.25, -0.2) is 0 Å². The van der Waals surface area contributed by atoms with Crippen LogP contribution in [0.5, 0.6) is 11.5 Å². The van der Waals surface area contributed by atoms with Crippen LogP contribution in [0, 0.1) is 0 Å². The molecule has 0 saturated carbocycles. The molecule has 7 rings (SSSR count). The van der Waals surface area contributed by atoms with Gasteiger partial charge >= 0.3 is 0 Å². The van der Waals surface area contributed by atoms with E-state index in [1.54, 1.807) is 7.11 Å². The molecule has 0 amide bonds. The molecule has 2 bridgehead atoms. The molecule has 1 spiro atoms. The Bertz CT molecular complexity index is 1410. The van der Waals surface area contributed by atoms with Crippen LogP contribution < -0.4 is 19.8 Å². The summed E-state index contributed by atoms with van der Waals surface area (Å²) in [6, 6.07) is 26.7. The monoisotopic (exact) mass is 507 g/mol. The van der Waals surface area contributed by atoms with Gasteiger partial charge in [-0.2, -0.15) is 0 Å². The summed E-state index contributed by atoms with van der Waals surface area (Å²) in [6.45, 7) is 3.51. The fraction of sp³-hybridized carbons (Fsp3) is 0.312. The maximum atomic E-state index is 6.99. The minimum atomic E-state index is -2.43. The van der Waals surface area contributed by atoms with E-state index in [0.717, 1.165) is 36.6 Å². The molecule has 188 valence electrons. The minimum Gasteiger partial charge on any atom is -0.497 e. The van der Waals surface area contributed by atoms with Crippen LogP contribution in [0.2, 0.25) is 6.55 Å². The molecule has 0 N–H and O–H groups in total. The lowest BCUT2D eigenvalue weighted by Gasteiger charge is -2.54. The van der Waals surface area contributed by atoms with Crippen molar-refractivity contribution in [3.05, 3.63) is 107 Å². The SMILES string of the molecule is COC1=C([Si](C)(c2ccccc2)c2ccccc2)C=C2[C@H]3Cc4ccc(OC)c5c4[C@@]2(CCN3C)[C@H]1O5. The smallest absolute Gasteiger partial charge is 0.169 e. The lowest BCUT2D eigenvalue weighted by Crippen LogP contribution is -2.63. The van der Waals surface area contributed by atoms with Gasteiger partial charge < -0.3 is 14.2 Å². The Morgan fingerprint density at radius 2 is 1.59 bits per heavy atom. The van der Waals surface area contributed by atoms with E-state index < -0.39 is 8.07 Å². The Morgan fingerprint density at radius 3 is 2.22 bits per heavy atom. The van der Waals surface area contributed by atoms with E-state index in [2.05, 4.69) is 97.4 Å². The number of methoxy groups -OCH3 is 2. The summed E-state index contributed by atoms with van der Waals surface area (Å²) >= 11 is 0. The van der Waals surface area contributed by atoms with Crippen LogP contribution in [0.1, 0.15) is 17.5 Å². The summed E-state index contributed by atoms with van der Waals surface area (Å²) in [5.74, 6) is 2.72. The number of likely N-dealkylation sites (tertiary alicyclic amines) is 1. The van der Waals surface area contributed by atoms with E-state index in [-0.39, 0.29) is 11.5 Å². The van der Waals surface area contributed by atoms with E-state index in [4.69, 9.17) is 14.2 Å². The zero-order valence-corrected chi connectivity index (χ0v) is 23.0. The van der Waals surface area contributed by atoms with Gasteiger partial charge in [0.15, 0.2) is 17.6 Å². The first kappa shape index (κ1) is 22.9. The highest BCUT2D eigenvalue weighted by Crippen LogP contribution is 2.63. The average molecular weight is 508 g/mol. The van der Waals surface area contributed by atoms with Gasteiger partial charge in [-0.05, 0) is 59.2 Å². The average Bonchev–Trinajstić information content (AvgIpc) is 3.30. The minimum absolute atomic E-state index is 0.187. The van der Waals surface area contributed by atoms with Gasteiger partial charge in [0.2, 0.25) is 0 Å². The van der Waals surface area contributed by atoms with Gasteiger partial charge in [-0.3, -0.25) is 4.90 Å². The van der Waals surface area contributed by atoms with Gasteiger partial charge in [-0.1, -0.05) is 79.4 Å². The zero-order chi connectivity index (χ0) is 25.4. The van der Waals surface area contributed by atoms with Crippen LogP contribution in [0.15, 0.2) is 95.4 Å². The quantitative estimate of drug-likeness (QED) is 0.484. The molecular weight excluding hydrogens is 474 g/mol. The van der Waals surface area contributed by atoms with Crippen molar-refractivity contribution in [1.29, 1.82) is 0 Å². The van der Waals surface area contributed by atoms with Crippen LogP contribution in [0.3, 0.4) is 0 Å². The summed E-state index contributed by atoms with van der Waals surface area (Å²) in [4.78, 5) is 2.54. The normalized spacial score (nSPS) is 25.8. The molecule has 1 saturated heterocycles. The molecule has 2 aliphatic heterocycles. The van der Waals surface area contributed by atoms with Crippen molar-refractivity contribution in [1.82, 2.24) is 4.90 Å². The van der Waals surface area contributed by atoms with E-state index in [9.17, 15) is 0 Å². The van der Waals surface area contributed by atoms with Gasteiger partial charge in [0, 0.05) is 11.6 Å². The second-order valence-electron chi connectivity index (χ2n) is 11.0. The van der Waals surface area contributed by atoms with Crippen molar-refractivity contribution < 1.29 is 14.2 Å². The summed E-state index contributed by atoms with van der Waals surface area (Å²) in [5, 5.41) is 4.07. The fourth-order valence-corrected chi connectivity index (χ4v) is 11.4. The van der Waals surface area contributed by atoms with Gasteiger partial charge in [0.05, 0.1) is 19.6 Å². The van der Waals surface area contributed by atoms with E-state index >= 15 is 0 Å². The highest BCUT2D eigenvalue weighted by atomic mass is 28.3. The molecule has 1 fully saturated rings. The molecule has 3 atom stereocenters. The third-order valence-corrected chi connectivity index (χ3v) is 13.9. The predicted molar refractivity (Wildman–Crippen MR) is 150 cm³/mol. The lowest BCUT2D eigenvalue weighted by atomic mass is 9.57. The molecule has 2 heterocycles. The van der Waals surface area contributed by atoms with Crippen molar-refractivity contribution in [3.63, 3.8) is 0 Å². The predicted octanol–water partition coefficient (Wildman–Crippen LogP) is 4.23. The topological polar surface area (TPSA) is 30.9 Å². The molecule has 0 radical (unpaired) electrons. The van der Waals surface area contributed by atoms with Crippen molar-refractivity contribution >= 4 is 18.4 Å². The van der Waals surface area contributed by atoms with E-state index in [1.165, 1.54) is 32.3 Å². The number of benzene rings is 3. The number of hydrogen-bond donors (Lipinski definition) is 0. The second kappa shape index (κ2) is 8.11. The number of nitrogens with zero attached hydrogens (tertiary/aromatic N) is 1. The van der Waals surface area contributed by atoms with Crippen LogP contribution in [0.25, 0.3) is 0 Å². The molecule has 4 nitrogen and oxygen atoms in total. The lowest BCUT2D eigenvalue weighted by molar-refractivity contribution is 0.0725. The number of likely N-dealkylation sites (N-methyl/N-ethyl adjacent to an activating group) is 1. The molecule has 37 heavy (non-hydrogen) atoms. The van der Waals surface area contributed by atoms with Crippen molar-refractivity contribution in [3.8, 4) is 11.5 Å². The molecule has 3 aromatic rings. The van der Waals surface area contributed by atoms with Crippen molar-refractivity contribution in [2.45, 2.75) is 36.9 Å². The standard InChI is InChI=1S/C32H33NO3Si/c1-33-18-17-32-24-20-27(37(4,22-11-7-5-8-12-22)23-13-9-6-10-14-23)30(35-3)31(32)36-29-26(34-2)16-15-21(28(29)32)19-25(24)33/h5-16,20,25,31H,17-19H2,1-4H3/t25-,31+,32+/m1/s1. The molecule has 5 heteroatoms. The third-order valence-electron chi connectivity index (χ3n) is 9.50. The first-order valence-corrected chi connectivity index (χ1v) is 15.7. The molecule has 0 unspecified atom stereocenters. The Labute approximate surface area is 220 Å². The van der Waals surface area contributed by atoms with Crippen LogP contribution in [-0.4, -0.2) is 52.9 Å². The first-order chi connectivity index (χ1) is 18.0. The van der Waals surface area contributed by atoms with Crippen LogP contribution >= 0.6 is 0 Å². The maximum absolute atomic E-state index is 6.99. The number of hydrogen-bond acceptors (Lipinski definition) is 4. The third kappa shape index (κ3) is 2.87. The van der Waals surface area contributed by atoms with Gasteiger partial charge in [0.25, 0.3) is 0 Å². The Morgan fingerprint density at radius 1 is 0.919 bits per heavy atom. The van der Waals surface area contributed by atoms with Gasteiger partial charge in [-0.15, -0.1) is 0 Å². The second-order valence-corrected chi connectivity index (χ2v) is 14.9. The molecular formula is C32H33NO3Si. The molecule has 3 aromatic carbocycles. The number of piperidine rings is 1. The zero-order valence-electron chi connectivity index (χ0n) is 22.0. The maximum Gasteiger partial charge on any atom is 0.169 e. The fourth-order valence-electron chi connectivity index (χ4n) is 7.60. The Kier molecular flexibility index (Phi) is 5.01. The van der Waals surface area contributed by atoms with Crippen LogP contribution in [-0.2, 0) is 16.6 Å². The molecule has 0 aromatic heterocycles. The number of rotatable bonds is 5. The van der Waals surface area contributed by atoms with Crippen LogP contribution in [0.4, 0.5) is 0 Å². The summed E-state index contributed by atoms with van der Waals surface area (Å²) in [7, 11) is 3.41. The number of allylic oxidation sites excluding steroid dienone is 2. The van der Waals surface area contributed by atoms with Crippen molar-refractivity contribution in [2.75, 3.05) is 27.8 Å². The Hall–Kier alpha value is -3.28. The highest BCUT2D eigenvalue weighted by molar-refractivity contribution is 7.07. The molecule has 4 aliphatic rings. The Balaban J connectivity index is 1.55. The van der Waals surface area contributed by atoms with E-state index in [1.807, 2.05) is 7.11 Å². The van der Waals surface area contributed by atoms with E-state index in [0.29, 0.717) is 6.04 Å².